The van der Waals surface area contributed by atoms with Crippen LogP contribution in [-0.2, 0) is 21.7 Å². The van der Waals surface area contributed by atoms with Crippen LogP contribution in [0.3, 0.4) is 0 Å². The molecule has 0 bridgehead atoms. The Morgan fingerprint density at radius 1 is 1.37 bits per heavy atom. The number of nitrogens with one attached hydrogen (secondary N) is 2. The maximum Gasteiger partial charge on any atom is 0.250 e. The Morgan fingerprint density at radius 2 is 2.26 bits per heavy atom. The quantitative estimate of drug-likeness (QED) is 0.795. The molecule has 5 rings (SSSR count). The topological polar surface area (TPSA) is 105 Å². The van der Waals surface area contributed by atoms with Crippen LogP contribution in [0.25, 0.3) is 0 Å². The van der Waals surface area contributed by atoms with Crippen LogP contribution in [0.15, 0.2) is 30.6 Å². The molecule has 3 aliphatic rings. The van der Waals surface area contributed by atoms with Gasteiger partial charge >= 0.3 is 0 Å². The Bertz CT molecular complexity index is 884. The number of aromatic nitrogens is 4. The summed E-state index contributed by atoms with van der Waals surface area (Å²) < 4.78 is 1.57. The summed E-state index contributed by atoms with van der Waals surface area (Å²) in [5, 5.41) is 17.0. The zero-order valence-electron chi connectivity index (χ0n) is 14.8. The van der Waals surface area contributed by atoms with Gasteiger partial charge in [-0.2, -0.15) is 0 Å². The number of carbonyl (C=O) groups is 2. The normalized spacial score (nSPS) is 29.0. The lowest BCUT2D eigenvalue weighted by Gasteiger charge is -2.36. The lowest BCUT2D eigenvalue weighted by Crippen LogP contribution is -2.54. The molecule has 2 aromatic rings. The number of para-hydroxylation sites is 1. The van der Waals surface area contributed by atoms with E-state index in [0.717, 1.165) is 30.6 Å². The minimum absolute atomic E-state index is 0.0753. The Balaban J connectivity index is 1.44. The van der Waals surface area contributed by atoms with Crippen molar-refractivity contribution in [2.45, 2.75) is 37.4 Å². The number of amides is 2. The maximum atomic E-state index is 13.2. The summed E-state index contributed by atoms with van der Waals surface area (Å²) in [6.45, 7) is 1.76. The summed E-state index contributed by atoms with van der Waals surface area (Å²) >= 11 is 0. The first kappa shape index (κ1) is 16.4. The van der Waals surface area contributed by atoms with Crippen molar-refractivity contribution in [2.24, 2.45) is 5.92 Å². The highest BCUT2D eigenvalue weighted by atomic mass is 16.2. The largest absolute Gasteiger partial charge is 0.354 e. The van der Waals surface area contributed by atoms with Crippen LogP contribution in [0.2, 0.25) is 0 Å². The summed E-state index contributed by atoms with van der Waals surface area (Å²) in [5.41, 5.74) is 0.859. The molecule has 27 heavy (non-hydrogen) atoms. The number of fused-ring (bicyclic) bond motifs is 4. The van der Waals surface area contributed by atoms with Gasteiger partial charge in [0.05, 0.1) is 12.5 Å². The van der Waals surface area contributed by atoms with Crippen LogP contribution in [0, 0.1) is 5.92 Å². The van der Waals surface area contributed by atoms with Crippen molar-refractivity contribution in [3.63, 3.8) is 0 Å². The Hall–Kier alpha value is -2.81. The Labute approximate surface area is 156 Å². The molecule has 3 aliphatic heterocycles. The third-order valence-electron chi connectivity index (χ3n) is 6.12. The van der Waals surface area contributed by atoms with Crippen molar-refractivity contribution in [2.75, 3.05) is 18.4 Å². The van der Waals surface area contributed by atoms with Crippen molar-refractivity contribution in [3.8, 4) is 0 Å². The zero-order valence-corrected chi connectivity index (χ0v) is 14.8. The lowest BCUT2D eigenvalue weighted by molar-refractivity contribution is -0.137. The molecule has 0 radical (unpaired) electrons. The molecule has 0 aliphatic carbocycles. The third-order valence-corrected chi connectivity index (χ3v) is 6.12. The van der Waals surface area contributed by atoms with Crippen LogP contribution in [0.5, 0.6) is 0 Å². The van der Waals surface area contributed by atoms with Crippen molar-refractivity contribution in [3.05, 3.63) is 36.2 Å². The highest BCUT2D eigenvalue weighted by molar-refractivity contribution is 6.09. The standard InChI is InChI=1S/C18H21N7O2/c26-16(19-7-9-24-11-20-22-23-24)14-10-12-4-3-8-25(12)18(14)13-5-1-2-6-15(13)21-17(18)27/h1-2,5-6,11-12,14H,3-4,7-10H2,(H,19,26)(H,21,27)/t12-,14-,18+/m1/s1. The first-order chi connectivity index (χ1) is 13.2. The lowest BCUT2D eigenvalue weighted by atomic mass is 9.78. The third kappa shape index (κ3) is 2.31. The van der Waals surface area contributed by atoms with Gasteiger partial charge in [0.2, 0.25) is 11.8 Å². The molecule has 140 valence electrons. The van der Waals surface area contributed by atoms with E-state index in [9.17, 15) is 9.59 Å². The molecule has 1 aromatic carbocycles. The molecule has 0 saturated carbocycles. The van der Waals surface area contributed by atoms with Crippen molar-refractivity contribution >= 4 is 17.5 Å². The van der Waals surface area contributed by atoms with E-state index in [1.54, 1.807) is 4.68 Å². The van der Waals surface area contributed by atoms with Gasteiger partial charge in [-0.1, -0.05) is 18.2 Å². The summed E-state index contributed by atoms with van der Waals surface area (Å²) in [6.07, 6.45) is 4.32. The molecule has 2 N–H and O–H groups in total. The maximum absolute atomic E-state index is 13.2. The van der Waals surface area contributed by atoms with Crippen LogP contribution in [-0.4, -0.2) is 56.1 Å². The summed E-state index contributed by atoms with van der Waals surface area (Å²) in [5.74, 6) is -0.557. The molecule has 1 spiro atoms. The molecular weight excluding hydrogens is 346 g/mol. The van der Waals surface area contributed by atoms with Gasteiger partial charge in [-0.15, -0.1) is 5.10 Å². The van der Waals surface area contributed by atoms with E-state index in [1.165, 1.54) is 6.33 Å². The smallest absolute Gasteiger partial charge is 0.250 e. The predicted molar refractivity (Wildman–Crippen MR) is 95.4 cm³/mol. The molecular formula is C18H21N7O2. The molecule has 0 unspecified atom stereocenters. The summed E-state index contributed by atoms with van der Waals surface area (Å²) in [4.78, 5) is 28.6. The highest BCUT2D eigenvalue weighted by Gasteiger charge is 2.65. The zero-order chi connectivity index (χ0) is 18.4. The van der Waals surface area contributed by atoms with E-state index < -0.39 is 11.5 Å². The number of rotatable bonds is 4. The number of carbonyl (C=O) groups excluding carboxylic acids is 2. The van der Waals surface area contributed by atoms with Crippen LogP contribution in [0.4, 0.5) is 5.69 Å². The minimum Gasteiger partial charge on any atom is -0.354 e. The number of tetrazole rings is 1. The second-order valence-corrected chi connectivity index (χ2v) is 7.41. The molecule has 4 heterocycles. The van der Waals surface area contributed by atoms with Gasteiger partial charge in [0.15, 0.2) is 0 Å². The second-order valence-electron chi connectivity index (χ2n) is 7.41. The first-order valence-electron chi connectivity index (χ1n) is 9.37. The van der Waals surface area contributed by atoms with Gasteiger partial charge < -0.3 is 10.6 Å². The number of hydrogen-bond acceptors (Lipinski definition) is 6. The molecule has 3 atom stereocenters. The minimum atomic E-state index is -0.892. The highest BCUT2D eigenvalue weighted by Crippen LogP contribution is 2.55. The van der Waals surface area contributed by atoms with Crippen LogP contribution < -0.4 is 10.6 Å². The fourth-order valence-electron chi connectivity index (χ4n) is 5.08. The summed E-state index contributed by atoms with van der Waals surface area (Å²) in [7, 11) is 0. The van der Waals surface area contributed by atoms with Gasteiger partial charge in [0, 0.05) is 23.8 Å². The molecule has 1 aromatic heterocycles. The van der Waals surface area contributed by atoms with Crippen molar-refractivity contribution in [1.82, 2.24) is 30.4 Å². The second kappa shape index (κ2) is 6.12. The van der Waals surface area contributed by atoms with E-state index in [-0.39, 0.29) is 17.9 Å². The van der Waals surface area contributed by atoms with E-state index in [4.69, 9.17) is 0 Å². The van der Waals surface area contributed by atoms with Crippen LogP contribution >= 0.6 is 0 Å². The van der Waals surface area contributed by atoms with E-state index in [0.29, 0.717) is 19.5 Å². The van der Waals surface area contributed by atoms with Crippen molar-refractivity contribution < 1.29 is 9.59 Å². The van der Waals surface area contributed by atoms with Gasteiger partial charge in [0.25, 0.3) is 0 Å². The number of hydrogen-bond donors (Lipinski definition) is 2. The van der Waals surface area contributed by atoms with E-state index in [1.807, 2.05) is 24.3 Å². The van der Waals surface area contributed by atoms with Gasteiger partial charge in [-0.25, -0.2) is 4.68 Å². The number of anilines is 1. The average molecular weight is 367 g/mol. The summed E-state index contributed by atoms with van der Waals surface area (Å²) in [6, 6.07) is 8.03. The number of benzene rings is 1. The Kier molecular flexibility index (Phi) is 3.71. The average Bonchev–Trinajstić information content (AvgIpc) is 3.42. The SMILES string of the molecule is O=C(NCCn1cnnn1)[C@H]1C[C@H]2CCCN2[C@]12C(=O)Nc1ccccc12. The monoisotopic (exact) mass is 367 g/mol. The van der Waals surface area contributed by atoms with E-state index in [2.05, 4.69) is 31.1 Å². The van der Waals surface area contributed by atoms with Gasteiger partial charge in [0.1, 0.15) is 11.9 Å². The molecule has 9 nitrogen and oxygen atoms in total. The molecule has 2 saturated heterocycles. The molecule has 2 amide bonds. The van der Waals surface area contributed by atoms with Crippen molar-refractivity contribution in [1.29, 1.82) is 0 Å². The van der Waals surface area contributed by atoms with Gasteiger partial charge in [-0.05, 0) is 42.3 Å². The molecule has 2 fully saturated rings. The first-order valence-corrected chi connectivity index (χ1v) is 9.37. The fraction of sp³-hybridized carbons (Fsp3) is 0.500. The van der Waals surface area contributed by atoms with E-state index >= 15 is 0 Å². The van der Waals surface area contributed by atoms with Crippen LogP contribution in [0.1, 0.15) is 24.8 Å². The molecule has 9 heteroatoms. The fourth-order valence-corrected chi connectivity index (χ4v) is 5.08. The Morgan fingerprint density at radius 3 is 3.11 bits per heavy atom. The van der Waals surface area contributed by atoms with Gasteiger partial charge in [-0.3, -0.25) is 14.5 Å². The number of nitrogens with zero attached hydrogens (tertiary/aromatic N) is 5. The predicted octanol–water partition coefficient (Wildman–Crippen LogP) is 0.121.